The number of pyridine rings is 1. The van der Waals surface area contributed by atoms with E-state index in [0.29, 0.717) is 11.3 Å². The maximum Gasteiger partial charge on any atom is 0.165 e. The molecule has 1 unspecified atom stereocenters. The van der Waals surface area contributed by atoms with Gasteiger partial charge in [-0.05, 0) is 45.8 Å². The van der Waals surface area contributed by atoms with E-state index in [-0.39, 0.29) is 5.75 Å². The molecule has 0 radical (unpaired) electrons. The molecule has 0 aliphatic heterocycles. The van der Waals surface area contributed by atoms with Crippen molar-refractivity contribution in [3.8, 4) is 5.75 Å². The van der Waals surface area contributed by atoms with Gasteiger partial charge < -0.3 is 9.84 Å². The van der Waals surface area contributed by atoms with Crippen molar-refractivity contribution in [3.05, 3.63) is 58.1 Å². The van der Waals surface area contributed by atoms with Crippen molar-refractivity contribution in [2.75, 3.05) is 7.11 Å². The summed E-state index contributed by atoms with van der Waals surface area (Å²) >= 11 is 3.27. The van der Waals surface area contributed by atoms with Gasteiger partial charge in [-0.3, -0.25) is 4.98 Å². The van der Waals surface area contributed by atoms with Crippen LogP contribution < -0.4 is 4.74 Å². The lowest BCUT2D eigenvalue weighted by atomic mass is 10.1. The molecule has 5 heteroatoms. The molecule has 1 aromatic carbocycles. The Hall–Kier alpha value is -1.46. The summed E-state index contributed by atoms with van der Waals surface area (Å²) in [5.74, 6) is -0.360. The number of hydrogen-bond acceptors (Lipinski definition) is 3. The van der Waals surface area contributed by atoms with Crippen LogP contribution in [0.5, 0.6) is 5.75 Å². The standard InChI is InChI=1S/C13H11BrFNO2/c1-18-12-6-8(2-4-10(12)15)13(17)11-5-3-9(14)7-16-11/h2-7,13,17H,1H3. The lowest BCUT2D eigenvalue weighted by molar-refractivity contribution is 0.214. The quantitative estimate of drug-likeness (QED) is 0.947. The normalized spacial score (nSPS) is 12.2. The molecule has 0 spiro atoms. The number of aliphatic hydroxyl groups excluding tert-OH is 1. The summed E-state index contributed by atoms with van der Waals surface area (Å²) in [7, 11) is 1.38. The molecule has 1 N–H and O–H groups in total. The van der Waals surface area contributed by atoms with E-state index in [1.807, 2.05) is 0 Å². The van der Waals surface area contributed by atoms with E-state index in [9.17, 15) is 9.50 Å². The van der Waals surface area contributed by atoms with Crippen molar-refractivity contribution >= 4 is 15.9 Å². The number of methoxy groups -OCH3 is 1. The summed E-state index contributed by atoms with van der Waals surface area (Å²) in [5.41, 5.74) is 1.02. The first kappa shape index (κ1) is 13.0. The van der Waals surface area contributed by atoms with E-state index in [1.165, 1.54) is 25.3 Å². The maximum absolute atomic E-state index is 13.3. The van der Waals surface area contributed by atoms with Crippen molar-refractivity contribution in [1.29, 1.82) is 0 Å². The minimum atomic E-state index is -0.910. The van der Waals surface area contributed by atoms with Crippen molar-refractivity contribution in [2.24, 2.45) is 0 Å². The molecule has 0 amide bonds. The van der Waals surface area contributed by atoms with Crippen LogP contribution in [0.4, 0.5) is 4.39 Å². The molecule has 0 saturated heterocycles. The van der Waals surface area contributed by atoms with Gasteiger partial charge in [-0.25, -0.2) is 4.39 Å². The second-order valence-corrected chi connectivity index (χ2v) is 4.61. The highest BCUT2D eigenvalue weighted by Gasteiger charge is 2.14. The molecule has 94 valence electrons. The van der Waals surface area contributed by atoms with Crippen molar-refractivity contribution in [2.45, 2.75) is 6.10 Å². The van der Waals surface area contributed by atoms with Gasteiger partial charge in [0.15, 0.2) is 11.6 Å². The van der Waals surface area contributed by atoms with Gasteiger partial charge in [0.1, 0.15) is 6.10 Å². The number of aromatic nitrogens is 1. The zero-order chi connectivity index (χ0) is 13.1. The summed E-state index contributed by atoms with van der Waals surface area (Å²) in [5, 5.41) is 10.1. The van der Waals surface area contributed by atoms with E-state index in [4.69, 9.17) is 4.74 Å². The first-order chi connectivity index (χ1) is 8.61. The van der Waals surface area contributed by atoms with Crippen LogP contribution in [0.1, 0.15) is 17.4 Å². The fourth-order valence-electron chi connectivity index (χ4n) is 1.57. The largest absolute Gasteiger partial charge is 0.494 e. The summed E-state index contributed by atoms with van der Waals surface area (Å²) < 4.78 is 19.0. The monoisotopic (exact) mass is 311 g/mol. The highest BCUT2D eigenvalue weighted by molar-refractivity contribution is 9.10. The van der Waals surface area contributed by atoms with Crippen molar-refractivity contribution < 1.29 is 14.2 Å². The van der Waals surface area contributed by atoms with Crippen LogP contribution in [-0.2, 0) is 0 Å². The van der Waals surface area contributed by atoms with Gasteiger partial charge in [0, 0.05) is 10.7 Å². The second kappa shape index (κ2) is 5.46. The third-order valence-electron chi connectivity index (χ3n) is 2.52. The van der Waals surface area contributed by atoms with Crippen LogP contribution in [0.2, 0.25) is 0 Å². The van der Waals surface area contributed by atoms with E-state index in [1.54, 1.807) is 18.3 Å². The zero-order valence-electron chi connectivity index (χ0n) is 9.60. The Morgan fingerprint density at radius 1 is 1.33 bits per heavy atom. The Morgan fingerprint density at radius 3 is 2.72 bits per heavy atom. The van der Waals surface area contributed by atoms with Crippen LogP contribution >= 0.6 is 15.9 Å². The van der Waals surface area contributed by atoms with Gasteiger partial charge in [0.05, 0.1) is 12.8 Å². The van der Waals surface area contributed by atoms with Crippen LogP contribution in [0.15, 0.2) is 41.0 Å². The highest BCUT2D eigenvalue weighted by atomic mass is 79.9. The first-order valence-corrected chi connectivity index (χ1v) is 6.04. The van der Waals surface area contributed by atoms with Gasteiger partial charge in [0.25, 0.3) is 0 Å². The topological polar surface area (TPSA) is 42.4 Å². The molecular weight excluding hydrogens is 301 g/mol. The average Bonchev–Trinajstić information content (AvgIpc) is 2.39. The highest BCUT2D eigenvalue weighted by Crippen LogP contribution is 2.26. The number of ether oxygens (including phenoxy) is 1. The van der Waals surface area contributed by atoms with Crippen LogP contribution in [0, 0.1) is 5.82 Å². The number of hydrogen-bond donors (Lipinski definition) is 1. The van der Waals surface area contributed by atoms with E-state index in [2.05, 4.69) is 20.9 Å². The number of benzene rings is 1. The molecule has 1 aromatic heterocycles. The molecule has 3 nitrogen and oxygen atoms in total. The molecule has 0 aliphatic carbocycles. The van der Waals surface area contributed by atoms with E-state index < -0.39 is 11.9 Å². The molecule has 0 aliphatic rings. The number of rotatable bonds is 3. The fraction of sp³-hybridized carbons (Fsp3) is 0.154. The molecule has 1 heterocycles. The molecule has 0 fully saturated rings. The lowest BCUT2D eigenvalue weighted by Crippen LogP contribution is -2.03. The fourth-order valence-corrected chi connectivity index (χ4v) is 1.80. The number of halogens is 2. The van der Waals surface area contributed by atoms with Gasteiger partial charge in [-0.1, -0.05) is 6.07 Å². The van der Waals surface area contributed by atoms with Crippen LogP contribution in [0.25, 0.3) is 0 Å². The maximum atomic E-state index is 13.3. The number of nitrogens with zero attached hydrogens (tertiary/aromatic N) is 1. The van der Waals surface area contributed by atoms with Gasteiger partial charge in [-0.2, -0.15) is 0 Å². The SMILES string of the molecule is COc1cc(C(O)c2ccc(Br)cn2)ccc1F. The molecule has 0 bridgehead atoms. The van der Waals surface area contributed by atoms with E-state index in [0.717, 1.165) is 4.47 Å². The summed E-state index contributed by atoms with van der Waals surface area (Å²) in [6.45, 7) is 0. The van der Waals surface area contributed by atoms with Crippen LogP contribution in [-0.4, -0.2) is 17.2 Å². The summed E-state index contributed by atoms with van der Waals surface area (Å²) in [6.07, 6.45) is 0.687. The van der Waals surface area contributed by atoms with Crippen LogP contribution in [0.3, 0.4) is 0 Å². The molecule has 0 saturated carbocycles. The smallest absolute Gasteiger partial charge is 0.165 e. The van der Waals surface area contributed by atoms with Gasteiger partial charge in [0.2, 0.25) is 0 Å². The Bertz CT molecular complexity index is 545. The molecule has 2 rings (SSSR count). The lowest BCUT2D eigenvalue weighted by Gasteiger charge is -2.12. The predicted octanol–water partition coefficient (Wildman–Crippen LogP) is 3.07. The third-order valence-corrected chi connectivity index (χ3v) is 2.99. The zero-order valence-corrected chi connectivity index (χ0v) is 11.2. The third kappa shape index (κ3) is 2.68. The van der Waals surface area contributed by atoms with Gasteiger partial charge in [-0.15, -0.1) is 0 Å². The van der Waals surface area contributed by atoms with Gasteiger partial charge >= 0.3 is 0 Å². The Balaban J connectivity index is 2.33. The molecule has 18 heavy (non-hydrogen) atoms. The molecule has 1 atom stereocenters. The summed E-state index contributed by atoms with van der Waals surface area (Å²) in [6, 6.07) is 7.71. The Labute approximate surface area is 112 Å². The first-order valence-electron chi connectivity index (χ1n) is 5.25. The predicted molar refractivity (Wildman–Crippen MR) is 69.0 cm³/mol. The minimum absolute atomic E-state index is 0.101. The Kier molecular flexibility index (Phi) is 3.93. The molecule has 2 aromatic rings. The second-order valence-electron chi connectivity index (χ2n) is 3.70. The van der Waals surface area contributed by atoms with E-state index >= 15 is 0 Å². The van der Waals surface area contributed by atoms with Crippen molar-refractivity contribution in [1.82, 2.24) is 4.98 Å². The average molecular weight is 312 g/mol. The minimum Gasteiger partial charge on any atom is -0.494 e. The number of aliphatic hydroxyl groups is 1. The summed E-state index contributed by atoms with van der Waals surface area (Å²) in [4.78, 5) is 4.10. The Morgan fingerprint density at radius 2 is 2.11 bits per heavy atom. The molecular formula is C13H11BrFNO2. The van der Waals surface area contributed by atoms with Crippen molar-refractivity contribution in [3.63, 3.8) is 0 Å².